The summed E-state index contributed by atoms with van der Waals surface area (Å²) < 4.78 is 0. The molecule has 2 rings (SSSR count). The number of hydrogen-bond acceptors (Lipinski definition) is 3. The highest BCUT2D eigenvalue weighted by molar-refractivity contribution is 6.34. The van der Waals surface area contributed by atoms with E-state index in [-0.39, 0.29) is 5.56 Å². The van der Waals surface area contributed by atoms with Gasteiger partial charge in [-0.15, -0.1) is 0 Å². The molecule has 18 heavy (non-hydrogen) atoms. The Morgan fingerprint density at radius 2 is 2.33 bits per heavy atom. The Kier molecular flexibility index (Phi) is 3.66. The number of carboxylic acid groups (broad SMARTS) is 1. The number of hydrogen-bond donors (Lipinski definition) is 2. The van der Waals surface area contributed by atoms with Crippen LogP contribution in [0.1, 0.15) is 36.5 Å². The summed E-state index contributed by atoms with van der Waals surface area (Å²) in [4.78, 5) is 13.4. The summed E-state index contributed by atoms with van der Waals surface area (Å²) in [7, 11) is 0. The van der Waals surface area contributed by atoms with E-state index in [0.29, 0.717) is 22.4 Å². The Morgan fingerprint density at radius 1 is 1.61 bits per heavy atom. The van der Waals surface area contributed by atoms with Crippen molar-refractivity contribution in [2.75, 3.05) is 17.2 Å². The number of nitrogens with two attached hydrogens (primary N) is 1. The predicted octanol–water partition coefficient (Wildman–Crippen LogP) is 3.00. The normalized spacial score (nSPS) is 19.2. The molecule has 0 bridgehead atoms. The van der Waals surface area contributed by atoms with Gasteiger partial charge in [0.2, 0.25) is 0 Å². The quantitative estimate of drug-likeness (QED) is 0.827. The first-order valence-corrected chi connectivity index (χ1v) is 6.51. The lowest BCUT2D eigenvalue weighted by Gasteiger charge is -2.28. The summed E-state index contributed by atoms with van der Waals surface area (Å²) in [5, 5.41) is 9.72. The highest BCUT2D eigenvalue weighted by atomic mass is 35.5. The number of carbonyl (C=O) groups is 1. The SMILES string of the molecule is CCC1CCCN1c1c(Cl)cc(N)cc1C(=O)O. The number of benzene rings is 1. The van der Waals surface area contributed by atoms with Crippen molar-refractivity contribution >= 4 is 28.9 Å². The average Bonchev–Trinajstić information content (AvgIpc) is 2.75. The van der Waals surface area contributed by atoms with Gasteiger partial charge in [-0.2, -0.15) is 0 Å². The molecule has 3 N–H and O–H groups in total. The minimum Gasteiger partial charge on any atom is -0.478 e. The molecular formula is C13H17ClN2O2. The summed E-state index contributed by atoms with van der Waals surface area (Å²) in [6, 6.07) is 3.47. The lowest BCUT2D eigenvalue weighted by molar-refractivity contribution is 0.0697. The number of carboxylic acids is 1. The van der Waals surface area contributed by atoms with Crippen molar-refractivity contribution in [3.63, 3.8) is 0 Å². The summed E-state index contributed by atoms with van der Waals surface area (Å²) in [5.41, 5.74) is 6.86. The molecule has 1 aromatic carbocycles. The van der Waals surface area contributed by atoms with Crippen molar-refractivity contribution in [3.8, 4) is 0 Å². The molecule has 1 atom stereocenters. The average molecular weight is 269 g/mol. The summed E-state index contributed by atoms with van der Waals surface area (Å²) >= 11 is 6.20. The smallest absolute Gasteiger partial charge is 0.337 e. The Morgan fingerprint density at radius 3 is 2.94 bits per heavy atom. The van der Waals surface area contributed by atoms with Crippen molar-refractivity contribution in [2.45, 2.75) is 32.2 Å². The van der Waals surface area contributed by atoms with E-state index in [2.05, 4.69) is 11.8 Å². The largest absolute Gasteiger partial charge is 0.478 e. The summed E-state index contributed by atoms with van der Waals surface area (Å²) in [6.07, 6.45) is 3.13. The fourth-order valence-corrected chi connectivity index (χ4v) is 2.97. The molecule has 0 saturated carbocycles. The van der Waals surface area contributed by atoms with Crippen LogP contribution in [0, 0.1) is 0 Å². The lowest BCUT2D eigenvalue weighted by Crippen LogP contribution is -2.30. The summed E-state index contributed by atoms with van der Waals surface area (Å²) in [5.74, 6) is -0.985. The van der Waals surface area contributed by atoms with Crippen LogP contribution in [0.25, 0.3) is 0 Å². The molecule has 1 heterocycles. The first-order valence-electron chi connectivity index (χ1n) is 6.13. The van der Waals surface area contributed by atoms with E-state index in [0.717, 1.165) is 25.8 Å². The Balaban J connectivity index is 2.52. The summed E-state index contributed by atoms with van der Waals surface area (Å²) in [6.45, 7) is 2.96. The van der Waals surface area contributed by atoms with E-state index in [1.165, 1.54) is 6.07 Å². The van der Waals surface area contributed by atoms with E-state index < -0.39 is 5.97 Å². The molecule has 1 aliphatic rings. The van der Waals surface area contributed by atoms with Gasteiger partial charge in [-0.1, -0.05) is 18.5 Å². The third kappa shape index (κ3) is 2.25. The molecule has 1 aromatic rings. The molecule has 0 amide bonds. The molecule has 0 aliphatic carbocycles. The van der Waals surface area contributed by atoms with E-state index in [9.17, 15) is 9.90 Å². The molecule has 98 valence electrons. The standard InChI is InChI=1S/C13H17ClN2O2/c1-2-9-4-3-5-16(9)12-10(13(17)18)6-8(15)7-11(12)14/h6-7,9H,2-5,15H2,1H3,(H,17,18). The van der Waals surface area contributed by atoms with Crippen LogP contribution < -0.4 is 10.6 Å². The number of halogens is 1. The van der Waals surface area contributed by atoms with Gasteiger partial charge in [0.25, 0.3) is 0 Å². The van der Waals surface area contributed by atoms with Crippen LogP contribution in [0.3, 0.4) is 0 Å². The molecule has 0 spiro atoms. The maximum atomic E-state index is 11.3. The molecule has 1 saturated heterocycles. The molecule has 1 aliphatic heterocycles. The van der Waals surface area contributed by atoms with Gasteiger partial charge in [0.05, 0.1) is 16.3 Å². The minimum absolute atomic E-state index is 0.195. The van der Waals surface area contributed by atoms with Gasteiger partial charge in [0.15, 0.2) is 0 Å². The zero-order chi connectivity index (χ0) is 13.3. The fourth-order valence-electron chi connectivity index (χ4n) is 2.63. The van der Waals surface area contributed by atoms with Gasteiger partial charge in [-0.05, 0) is 31.4 Å². The van der Waals surface area contributed by atoms with Gasteiger partial charge in [-0.25, -0.2) is 4.79 Å². The Bertz CT molecular complexity index is 476. The van der Waals surface area contributed by atoms with Crippen LogP contribution in [-0.2, 0) is 0 Å². The molecule has 5 heteroatoms. The maximum absolute atomic E-state index is 11.3. The van der Waals surface area contributed by atoms with Crippen LogP contribution in [0.4, 0.5) is 11.4 Å². The van der Waals surface area contributed by atoms with E-state index in [1.54, 1.807) is 6.07 Å². The van der Waals surface area contributed by atoms with Crippen molar-refractivity contribution in [3.05, 3.63) is 22.7 Å². The molecular weight excluding hydrogens is 252 g/mol. The van der Waals surface area contributed by atoms with Crippen molar-refractivity contribution < 1.29 is 9.90 Å². The van der Waals surface area contributed by atoms with Crippen LogP contribution in [0.5, 0.6) is 0 Å². The third-order valence-corrected chi connectivity index (χ3v) is 3.74. The third-order valence-electron chi connectivity index (χ3n) is 3.45. The maximum Gasteiger partial charge on any atom is 0.337 e. The first-order chi connectivity index (χ1) is 8.54. The van der Waals surface area contributed by atoms with Gasteiger partial charge < -0.3 is 15.7 Å². The van der Waals surface area contributed by atoms with Gasteiger partial charge in [-0.3, -0.25) is 0 Å². The molecule has 1 fully saturated rings. The Labute approximate surface area is 111 Å². The zero-order valence-corrected chi connectivity index (χ0v) is 11.1. The van der Waals surface area contributed by atoms with Crippen LogP contribution in [-0.4, -0.2) is 23.7 Å². The number of aromatic carboxylic acids is 1. The molecule has 0 radical (unpaired) electrons. The number of nitrogens with zero attached hydrogens (tertiary/aromatic N) is 1. The van der Waals surface area contributed by atoms with Gasteiger partial charge >= 0.3 is 5.97 Å². The van der Waals surface area contributed by atoms with E-state index in [1.807, 2.05) is 0 Å². The number of nitrogen functional groups attached to an aromatic ring is 1. The molecule has 1 unspecified atom stereocenters. The van der Waals surface area contributed by atoms with Gasteiger partial charge in [0, 0.05) is 18.3 Å². The second kappa shape index (κ2) is 5.06. The zero-order valence-electron chi connectivity index (χ0n) is 10.3. The second-order valence-corrected chi connectivity index (χ2v) is 5.01. The predicted molar refractivity (Wildman–Crippen MR) is 73.5 cm³/mol. The van der Waals surface area contributed by atoms with Crippen molar-refractivity contribution in [1.82, 2.24) is 0 Å². The second-order valence-electron chi connectivity index (χ2n) is 4.60. The van der Waals surface area contributed by atoms with Crippen molar-refractivity contribution in [2.24, 2.45) is 0 Å². The lowest BCUT2D eigenvalue weighted by atomic mass is 10.1. The van der Waals surface area contributed by atoms with Crippen LogP contribution >= 0.6 is 11.6 Å². The van der Waals surface area contributed by atoms with Crippen molar-refractivity contribution in [1.29, 1.82) is 0 Å². The molecule has 0 aromatic heterocycles. The topological polar surface area (TPSA) is 66.6 Å². The van der Waals surface area contributed by atoms with E-state index >= 15 is 0 Å². The number of anilines is 2. The van der Waals surface area contributed by atoms with E-state index in [4.69, 9.17) is 17.3 Å². The molecule has 4 nitrogen and oxygen atoms in total. The Hall–Kier alpha value is -1.42. The monoisotopic (exact) mass is 268 g/mol. The highest BCUT2D eigenvalue weighted by Crippen LogP contribution is 2.37. The number of rotatable bonds is 3. The van der Waals surface area contributed by atoms with Gasteiger partial charge in [0.1, 0.15) is 0 Å². The minimum atomic E-state index is -0.985. The fraction of sp³-hybridized carbons (Fsp3) is 0.462. The van der Waals surface area contributed by atoms with Crippen LogP contribution in [0.2, 0.25) is 5.02 Å². The highest BCUT2D eigenvalue weighted by Gasteiger charge is 2.28. The first kappa shape index (κ1) is 13.0. The van der Waals surface area contributed by atoms with Crippen LogP contribution in [0.15, 0.2) is 12.1 Å².